The molecule has 1 spiro atoms. The standard InChI is InChI=1S/C26H23ClFN3O2S/c1-25(2)16-31(24(33)29-20-7-5-6-18(27)14-20)26(34-25)21-8-3-4-9-22(21)30(23(26)32)15-17-10-12-19(28)13-11-17/h3-14H,15-16H2,1-2H3,(H,29,33). The van der Waals surface area contributed by atoms with Crippen LogP contribution in [0.2, 0.25) is 5.02 Å². The van der Waals surface area contributed by atoms with Gasteiger partial charge in [0.25, 0.3) is 5.91 Å². The second-order valence-corrected chi connectivity index (χ2v) is 11.4. The number of carbonyl (C=O) groups excluding carboxylic acids is 2. The number of carbonyl (C=O) groups is 2. The topological polar surface area (TPSA) is 52.7 Å². The first-order chi connectivity index (χ1) is 16.2. The molecule has 2 aliphatic heterocycles. The summed E-state index contributed by atoms with van der Waals surface area (Å²) >= 11 is 7.58. The molecule has 0 aromatic heterocycles. The maximum Gasteiger partial charge on any atom is 0.323 e. The zero-order valence-corrected chi connectivity index (χ0v) is 20.3. The quantitative estimate of drug-likeness (QED) is 0.468. The van der Waals surface area contributed by atoms with Gasteiger partial charge in [-0.1, -0.05) is 48.0 Å². The highest BCUT2D eigenvalue weighted by molar-refractivity contribution is 8.02. The van der Waals surface area contributed by atoms with E-state index in [1.54, 1.807) is 46.2 Å². The fourth-order valence-electron chi connectivity index (χ4n) is 4.64. The van der Waals surface area contributed by atoms with Crippen molar-refractivity contribution in [3.63, 3.8) is 0 Å². The van der Waals surface area contributed by atoms with Gasteiger partial charge >= 0.3 is 6.03 Å². The average Bonchev–Trinajstić information content (AvgIpc) is 3.22. The van der Waals surface area contributed by atoms with Gasteiger partial charge in [0.2, 0.25) is 0 Å². The predicted octanol–water partition coefficient (Wildman–Crippen LogP) is 6.24. The zero-order chi connectivity index (χ0) is 24.1. The van der Waals surface area contributed by atoms with Gasteiger partial charge in [0.15, 0.2) is 4.87 Å². The molecule has 5 rings (SSSR count). The molecule has 8 heteroatoms. The molecule has 5 nitrogen and oxygen atoms in total. The molecule has 1 atom stereocenters. The number of hydrogen-bond acceptors (Lipinski definition) is 3. The van der Waals surface area contributed by atoms with Crippen LogP contribution in [-0.4, -0.2) is 28.1 Å². The van der Waals surface area contributed by atoms with E-state index in [1.165, 1.54) is 23.9 Å². The Kier molecular flexibility index (Phi) is 5.57. The molecular weight excluding hydrogens is 473 g/mol. The third-order valence-electron chi connectivity index (χ3n) is 6.01. The minimum absolute atomic E-state index is 0.185. The molecule has 3 aromatic rings. The summed E-state index contributed by atoms with van der Waals surface area (Å²) in [6.07, 6.45) is 0. The zero-order valence-electron chi connectivity index (χ0n) is 18.7. The molecule has 1 unspecified atom stereocenters. The smallest absolute Gasteiger partial charge is 0.308 e. The van der Waals surface area contributed by atoms with Gasteiger partial charge in [0.1, 0.15) is 5.82 Å². The maximum atomic E-state index is 14.2. The third kappa shape index (κ3) is 3.83. The van der Waals surface area contributed by atoms with Crippen LogP contribution in [0.3, 0.4) is 0 Å². The number of benzene rings is 3. The predicted molar refractivity (Wildman–Crippen MR) is 135 cm³/mol. The van der Waals surface area contributed by atoms with Gasteiger partial charge in [0.05, 0.1) is 12.2 Å². The van der Waals surface area contributed by atoms with Gasteiger partial charge in [0, 0.05) is 27.6 Å². The van der Waals surface area contributed by atoms with E-state index in [4.69, 9.17) is 11.6 Å². The van der Waals surface area contributed by atoms with Crippen molar-refractivity contribution in [2.75, 3.05) is 16.8 Å². The number of urea groups is 1. The van der Waals surface area contributed by atoms with Gasteiger partial charge in [-0.3, -0.25) is 9.69 Å². The average molecular weight is 496 g/mol. The van der Waals surface area contributed by atoms with Crippen LogP contribution in [0.15, 0.2) is 72.8 Å². The molecule has 0 saturated carbocycles. The molecule has 3 aromatic carbocycles. The number of thioether (sulfide) groups is 1. The van der Waals surface area contributed by atoms with Gasteiger partial charge in [-0.15, -0.1) is 11.8 Å². The van der Waals surface area contributed by atoms with Gasteiger partial charge in [-0.05, 0) is 55.8 Å². The fraction of sp³-hybridized carbons (Fsp3) is 0.231. The van der Waals surface area contributed by atoms with Crippen molar-refractivity contribution in [3.8, 4) is 0 Å². The molecule has 2 aliphatic rings. The Labute approximate surface area is 206 Å². The Balaban J connectivity index is 1.55. The van der Waals surface area contributed by atoms with E-state index in [9.17, 15) is 14.0 Å². The fourth-order valence-corrected chi connectivity index (χ4v) is 6.56. The Morgan fingerprint density at radius 1 is 1.09 bits per heavy atom. The summed E-state index contributed by atoms with van der Waals surface area (Å²) in [5.41, 5.74) is 2.89. The second-order valence-electron chi connectivity index (χ2n) is 9.07. The molecule has 174 valence electrons. The highest BCUT2D eigenvalue weighted by Crippen LogP contribution is 2.59. The first-order valence-electron chi connectivity index (χ1n) is 10.9. The number of para-hydroxylation sites is 1. The Hall–Kier alpha value is -3.03. The molecule has 0 aliphatic carbocycles. The molecule has 0 bridgehead atoms. The number of nitrogens with one attached hydrogen (secondary N) is 1. The molecule has 3 amide bonds. The number of anilines is 2. The minimum atomic E-state index is -1.21. The van der Waals surface area contributed by atoms with Crippen LogP contribution in [0.5, 0.6) is 0 Å². The number of rotatable bonds is 3. The Morgan fingerprint density at radius 3 is 2.56 bits per heavy atom. The van der Waals surface area contributed by atoms with E-state index in [0.717, 1.165) is 16.8 Å². The largest absolute Gasteiger partial charge is 0.323 e. The molecule has 1 fully saturated rings. The van der Waals surface area contributed by atoms with Crippen LogP contribution in [0.1, 0.15) is 25.0 Å². The summed E-state index contributed by atoms with van der Waals surface area (Å²) < 4.78 is 13.1. The summed E-state index contributed by atoms with van der Waals surface area (Å²) in [7, 11) is 0. The normalized spacial score (nSPS) is 20.6. The number of nitrogens with zero attached hydrogens (tertiary/aromatic N) is 2. The highest BCUT2D eigenvalue weighted by Gasteiger charge is 2.63. The summed E-state index contributed by atoms with van der Waals surface area (Å²) in [4.78, 5) is 29.8. The van der Waals surface area contributed by atoms with Crippen LogP contribution in [0.4, 0.5) is 20.6 Å². The van der Waals surface area contributed by atoms with E-state index < -0.39 is 4.87 Å². The van der Waals surface area contributed by atoms with Crippen molar-refractivity contribution < 1.29 is 14.0 Å². The van der Waals surface area contributed by atoms with Crippen molar-refractivity contribution in [3.05, 3.63) is 94.8 Å². The van der Waals surface area contributed by atoms with Crippen LogP contribution in [-0.2, 0) is 16.2 Å². The monoisotopic (exact) mass is 495 g/mol. The number of amides is 3. The van der Waals surface area contributed by atoms with Crippen LogP contribution in [0, 0.1) is 5.82 Å². The Bertz CT molecular complexity index is 1280. The van der Waals surface area contributed by atoms with Gasteiger partial charge < -0.3 is 10.2 Å². The number of halogens is 2. The highest BCUT2D eigenvalue weighted by atomic mass is 35.5. The van der Waals surface area contributed by atoms with E-state index in [2.05, 4.69) is 5.32 Å². The van der Waals surface area contributed by atoms with E-state index in [1.807, 2.05) is 38.1 Å². The Morgan fingerprint density at radius 2 is 1.82 bits per heavy atom. The number of fused-ring (bicyclic) bond motifs is 2. The van der Waals surface area contributed by atoms with Crippen molar-refractivity contribution in [2.24, 2.45) is 0 Å². The van der Waals surface area contributed by atoms with Crippen molar-refractivity contribution in [1.82, 2.24) is 4.90 Å². The first kappa shape index (κ1) is 22.7. The summed E-state index contributed by atoms with van der Waals surface area (Å²) in [5, 5.41) is 3.42. The van der Waals surface area contributed by atoms with Crippen LogP contribution in [0.25, 0.3) is 0 Å². The second kappa shape index (κ2) is 8.32. The molecule has 34 heavy (non-hydrogen) atoms. The summed E-state index contributed by atoms with van der Waals surface area (Å²) in [5.74, 6) is -0.514. The van der Waals surface area contributed by atoms with Gasteiger partial charge in [-0.25, -0.2) is 9.18 Å². The van der Waals surface area contributed by atoms with E-state index >= 15 is 0 Å². The van der Waals surface area contributed by atoms with Crippen LogP contribution < -0.4 is 10.2 Å². The molecular formula is C26H23ClFN3O2S. The summed E-state index contributed by atoms with van der Waals surface area (Å²) in [6.45, 7) is 4.73. The lowest BCUT2D eigenvalue weighted by Gasteiger charge is -2.33. The van der Waals surface area contributed by atoms with E-state index in [0.29, 0.717) is 17.3 Å². The van der Waals surface area contributed by atoms with Crippen LogP contribution >= 0.6 is 23.4 Å². The molecule has 0 radical (unpaired) electrons. The lowest BCUT2D eigenvalue weighted by molar-refractivity contribution is -0.123. The molecule has 2 heterocycles. The van der Waals surface area contributed by atoms with Crippen molar-refractivity contribution in [1.29, 1.82) is 0 Å². The number of hydrogen-bond donors (Lipinski definition) is 1. The SMILES string of the molecule is CC1(C)CN(C(=O)Nc2cccc(Cl)c2)C2(S1)C(=O)N(Cc1ccc(F)cc1)c1ccccc12. The first-order valence-corrected chi connectivity index (χ1v) is 12.1. The van der Waals surface area contributed by atoms with Crippen molar-refractivity contribution >= 4 is 46.7 Å². The third-order valence-corrected chi connectivity index (χ3v) is 7.84. The maximum absolute atomic E-state index is 14.2. The van der Waals surface area contributed by atoms with E-state index in [-0.39, 0.29) is 29.0 Å². The lowest BCUT2D eigenvalue weighted by Crippen LogP contribution is -2.51. The lowest BCUT2D eigenvalue weighted by atomic mass is 10.1. The van der Waals surface area contributed by atoms with Gasteiger partial charge in [-0.2, -0.15) is 0 Å². The molecule has 1 N–H and O–H groups in total. The molecule has 1 saturated heterocycles. The minimum Gasteiger partial charge on any atom is -0.308 e. The van der Waals surface area contributed by atoms with Crippen molar-refractivity contribution in [2.45, 2.75) is 30.0 Å². The summed E-state index contributed by atoms with van der Waals surface area (Å²) in [6, 6.07) is 20.2.